The quantitative estimate of drug-likeness (QED) is 0.602. The summed E-state index contributed by atoms with van der Waals surface area (Å²) in [6.07, 6.45) is 2.08. The Labute approximate surface area is 151 Å². The first kappa shape index (κ1) is 21.8. The van der Waals surface area contributed by atoms with Gasteiger partial charge in [0.1, 0.15) is 0 Å². The molecule has 0 atom stereocenters. The zero-order valence-corrected chi connectivity index (χ0v) is 20.1. The molecule has 0 amide bonds. The average Bonchev–Trinajstić information content (AvgIpc) is 2.31. The highest BCUT2D eigenvalue weighted by molar-refractivity contribution is 7.90. The van der Waals surface area contributed by atoms with Crippen LogP contribution in [0.2, 0.25) is 51.9 Å². The smallest absolute Gasteiger partial charge is 0.314 e. The van der Waals surface area contributed by atoms with Crippen molar-refractivity contribution in [3.63, 3.8) is 0 Å². The molecule has 0 bridgehead atoms. The van der Waals surface area contributed by atoms with E-state index in [1.165, 1.54) is 6.26 Å². The molecule has 0 aromatic heterocycles. The zero-order chi connectivity index (χ0) is 18.8. The van der Waals surface area contributed by atoms with E-state index in [0.29, 0.717) is 4.90 Å². The van der Waals surface area contributed by atoms with E-state index in [2.05, 4.69) is 45.8 Å². The van der Waals surface area contributed by atoms with Gasteiger partial charge in [-0.25, -0.2) is 8.42 Å². The van der Waals surface area contributed by atoms with Gasteiger partial charge >= 0.3 is 8.56 Å². The van der Waals surface area contributed by atoms with Crippen LogP contribution in [-0.4, -0.2) is 39.9 Å². The molecule has 0 saturated heterocycles. The van der Waals surface area contributed by atoms with Gasteiger partial charge in [-0.3, -0.25) is 0 Å². The Bertz CT molecular complexity index is 627. The largest absolute Gasteiger partial charge is 0.437 e. The summed E-state index contributed by atoms with van der Waals surface area (Å²) in [4.78, 5) is 0.364. The van der Waals surface area contributed by atoms with Crippen molar-refractivity contribution in [1.82, 2.24) is 0 Å². The number of hydrogen-bond acceptors (Lipinski definition) is 4. The van der Waals surface area contributed by atoms with Gasteiger partial charge in [0.15, 0.2) is 26.5 Å². The van der Waals surface area contributed by atoms with Gasteiger partial charge < -0.3 is 8.23 Å². The van der Waals surface area contributed by atoms with Crippen molar-refractivity contribution in [2.75, 3.05) is 6.26 Å². The summed E-state index contributed by atoms with van der Waals surface area (Å²) < 4.78 is 36.1. The third kappa shape index (κ3) is 8.22. The molecule has 0 radical (unpaired) electrons. The number of sulfone groups is 1. The first-order valence-corrected chi connectivity index (χ1v) is 19.5. The Kier molecular flexibility index (Phi) is 6.85. The van der Waals surface area contributed by atoms with Gasteiger partial charge in [0.05, 0.1) is 4.90 Å². The molecule has 24 heavy (non-hydrogen) atoms. The predicted octanol–water partition coefficient (Wildman–Crippen LogP) is 4.41. The minimum absolute atomic E-state index is 0.364. The Morgan fingerprint density at radius 2 is 1.25 bits per heavy atom. The normalized spacial score (nSPS) is 14.0. The number of hydrogen-bond donors (Lipinski definition) is 0. The van der Waals surface area contributed by atoms with Crippen LogP contribution in [0.1, 0.15) is 5.56 Å². The number of aryl methyl sites for hydroxylation is 1. The summed E-state index contributed by atoms with van der Waals surface area (Å²) in [7, 11) is -8.76. The van der Waals surface area contributed by atoms with Gasteiger partial charge in [-0.2, -0.15) is 0 Å². The van der Waals surface area contributed by atoms with Crippen LogP contribution in [0.15, 0.2) is 29.2 Å². The van der Waals surface area contributed by atoms with E-state index in [1.54, 1.807) is 12.1 Å². The van der Waals surface area contributed by atoms with Gasteiger partial charge in [0.25, 0.3) is 0 Å². The van der Waals surface area contributed by atoms with Crippen LogP contribution in [0.3, 0.4) is 0 Å². The molecular weight excluding hydrogens is 372 g/mol. The lowest BCUT2D eigenvalue weighted by Gasteiger charge is -2.38. The van der Waals surface area contributed by atoms with E-state index >= 15 is 0 Å². The fourth-order valence-electron chi connectivity index (χ4n) is 2.69. The standard InChI is InChI=1S/C16H32O4SSi3/c1-21(17,18)16-11-9-15(10-12-16)13-14-24(8,19-22(2,3)4)20-23(5,6)7/h9-12H,13-14H2,1-8H3. The molecule has 0 aliphatic heterocycles. The van der Waals surface area contributed by atoms with Crippen LogP contribution >= 0.6 is 0 Å². The lowest BCUT2D eigenvalue weighted by Crippen LogP contribution is -2.52. The van der Waals surface area contributed by atoms with Crippen LogP contribution in [0.25, 0.3) is 0 Å². The van der Waals surface area contributed by atoms with Crippen molar-refractivity contribution in [2.45, 2.75) is 63.2 Å². The topological polar surface area (TPSA) is 52.6 Å². The maximum Gasteiger partial charge on any atom is 0.314 e. The van der Waals surface area contributed by atoms with E-state index < -0.39 is 35.0 Å². The third-order valence-electron chi connectivity index (χ3n) is 3.26. The molecule has 0 spiro atoms. The zero-order valence-electron chi connectivity index (χ0n) is 16.3. The van der Waals surface area contributed by atoms with Crippen molar-refractivity contribution in [2.24, 2.45) is 0 Å². The maximum absolute atomic E-state index is 11.6. The highest BCUT2D eigenvalue weighted by Gasteiger charge is 2.39. The second-order valence-electron chi connectivity index (χ2n) is 8.48. The van der Waals surface area contributed by atoms with Crippen LogP contribution in [0.5, 0.6) is 0 Å². The van der Waals surface area contributed by atoms with E-state index in [4.69, 9.17) is 8.23 Å². The molecule has 0 unspecified atom stereocenters. The average molecular weight is 405 g/mol. The molecule has 0 aliphatic carbocycles. The molecule has 1 aromatic rings. The summed E-state index contributed by atoms with van der Waals surface area (Å²) in [5, 5.41) is 0. The molecule has 0 aliphatic rings. The fourth-order valence-corrected chi connectivity index (χ4v) is 15.8. The first-order valence-electron chi connectivity index (χ1n) is 8.29. The monoisotopic (exact) mass is 404 g/mol. The molecular formula is C16H32O4SSi3. The predicted molar refractivity (Wildman–Crippen MR) is 109 cm³/mol. The third-order valence-corrected chi connectivity index (χ3v) is 13.9. The van der Waals surface area contributed by atoms with Crippen molar-refractivity contribution in [1.29, 1.82) is 0 Å². The second kappa shape index (κ2) is 7.55. The molecule has 4 nitrogen and oxygen atoms in total. The summed E-state index contributed by atoms with van der Waals surface area (Å²) in [5.74, 6) is 0. The highest BCUT2D eigenvalue weighted by atomic mass is 32.2. The van der Waals surface area contributed by atoms with Gasteiger partial charge in [0.2, 0.25) is 0 Å². The summed E-state index contributed by atoms with van der Waals surface area (Å²) in [6, 6.07) is 8.05. The summed E-state index contributed by atoms with van der Waals surface area (Å²) in [6.45, 7) is 15.4. The Balaban J connectivity index is 2.88. The van der Waals surface area contributed by atoms with Crippen LogP contribution in [0.4, 0.5) is 0 Å². The molecule has 1 rings (SSSR count). The first-order chi connectivity index (χ1) is 10.6. The second-order valence-corrected chi connectivity index (χ2v) is 23.3. The summed E-state index contributed by atoms with van der Waals surface area (Å²) >= 11 is 0. The van der Waals surface area contributed by atoms with Gasteiger partial charge in [-0.15, -0.1) is 0 Å². The Hall–Kier alpha value is -0.259. The van der Waals surface area contributed by atoms with E-state index in [-0.39, 0.29) is 0 Å². The molecule has 0 heterocycles. The van der Waals surface area contributed by atoms with E-state index in [0.717, 1.165) is 18.0 Å². The molecule has 0 fully saturated rings. The van der Waals surface area contributed by atoms with Crippen molar-refractivity contribution in [3.05, 3.63) is 29.8 Å². The van der Waals surface area contributed by atoms with Gasteiger partial charge in [0, 0.05) is 6.26 Å². The lowest BCUT2D eigenvalue weighted by molar-refractivity contribution is 0.383. The number of rotatable bonds is 8. The van der Waals surface area contributed by atoms with E-state index in [1.807, 2.05) is 12.1 Å². The van der Waals surface area contributed by atoms with Crippen molar-refractivity contribution < 1.29 is 16.6 Å². The lowest BCUT2D eigenvalue weighted by atomic mass is 10.2. The maximum atomic E-state index is 11.6. The molecule has 1 aromatic carbocycles. The SMILES string of the molecule is C[Si](C)(C)O[Si](C)(CCc1ccc(S(C)(=O)=O)cc1)O[Si](C)(C)C. The highest BCUT2D eigenvalue weighted by Crippen LogP contribution is 2.26. The molecule has 8 heteroatoms. The summed E-state index contributed by atoms with van der Waals surface area (Å²) in [5.41, 5.74) is 1.12. The van der Waals surface area contributed by atoms with Gasteiger partial charge in [-0.1, -0.05) is 12.1 Å². The fraction of sp³-hybridized carbons (Fsp3) is 0.625. The van der Waals surface area contributed by atoms with Crippen molar-refractivity contribution in [3.8, 4) is 0 Å². The van der Waals surface area contributed by atoms with Crippen LogP contribution < -0.4 is 0 Å². The van der Waals surface area contributed by atoms with Crippen molar-refractivity contribution >= 4 is 35.0 Å². The molecule has 0 saturated carbocycles. The minimum atomic E-state index is -3.14. The van der Waals surface area contributed by atoms with Crippen LogP contribution in [0, 0.1) is 0 Å². The molecule has 138 valence electrons. The van der Waals surface area contributed by atoms with Gasteiger partial charge in [-0.05, 0) is 76.0 Å². The van der Waals surface area contributed by atoms with E-state index in [9.17, 15) is 8.42 Å². The van der Waals surface area contributed by atoms with Crippen LogP contribution in [-0.2, 0) is 24.5 Å². The Morgan fingerprint density at radius 1 is 0.833 bits per heavy atom. The molecule has 0 N–H and O–H groups in total. The minimum Gasteiger partial charge on any atom is -0.437 e. The number of benzene rings is 1. The Morgan fingerprint density at radius 3 is 1.58 bits per heavy atom.